The second-order valence-corrected chi connectivity index (χ2v) is 8.18. The predicted molar refractivity (Wildman–Crippen MR) is 113 cm³/mol. The summed E-state index contributed by atoms with van der Waals surface area (Å²) in [5, 5.41) is 12.4. The van der Waals surface area contributed by atoms with Crippen molar-refractivity contribution in [1.82, 2.24) is 20.2 Å². The first-order valence-corrected chi connectivity index (χ1v) is 10.4. The van der Waals surface area contributed by atoms with E-state index >= 15 is 0 Å². The molecule has 0 radical (unpaired) electrons. The highest BCUT2D eigenvalue weighted by atomic mass is 16.4. The highest BCUT2D eigenvalue weighted by Crippen LogP contribution is 2.32. The fraction of sp³-hybridized carbons (Fsp3) is 0.348. The van der Waals surface area contributed by atoms with Gasteiger partial charge in [0, 0.05) is 19.0 Å². The van der Waals surface area contributed by atoms with Crippen LogP contribution in [-0.4, -0.2) is 38.5 Å². The fourth-order valence-electron chi connectivity index (χ4n) is 4.14. The van der Waals surface area contributed by atoms with E-state index < -0.39 is 6.09 Å². The molecule has 1 aliphatic carbocycles. The number of aromatic amines is 1. The number of carboxylic acid groups (broad SMARTS) is 1. The molecule has 154 valence electrons. The average molecular weight is 404 g/mol. The molecule has 7 heteroatoms. The summed E-state index contributed by atoms with van der Waals surface area (Å²) in [6, 6.07) is 14.0. The van der Waals surface area contributed by atoms with E-state index in [2.05, 4.69) is 33.5 Å². The van der Waals surface area contributed by atoms with E-state index in [-0.39, 0.29) is 17.9 Å². The highest BCUT2D eigenvalue weighted by molar-refractivity contribution is 5.82. The van der Waals surface area contributed by atoms with Crippen LogP contribution >= 0.6 is 0 Å². The molecule has 2 amide bonds. The Morgan fingerprint density at radius 3 is 2.60 bits per heavy atom. The Morgan fingerprint density at radius 1 is 1.10 bits per heavy atom. The number of H-pyrrole nitrogens is 1. The number of imidazole rings is 1. The molecule has 30 heavy (non-hydrogen) atoms. The monoisotopic (exact) mass is 404 g/mol. The van der Waals surface area contributed by atoms with E-state index in [1.807, 2.05) is 24.3 Å². The minimum absolute atomic E-state index is 0.156. The minimum atomic E-state index is -0.896. The van der Waals surface area contributed by atoms with Gasteiger partial charge in [0.05, 0.1) is 17.1 Å². The van der Waals surface area contributed by atoms with Crippen LogP contribution in [0.1, 0.15) is 43.1 Å². The van der Waals surface area contributed by atoms with Crippen molar-refractivity contribution in [3.05, 3.63) is 53.9 Å². The Bertz CT molecular complexity index is 1100. The molecule has 0 spiro atoms. The molecule has 0 bridgehead atoms. The molecule has 1 saturated carbocycles. The zero-order valence-electron chi connectivity index (χ0n) is 16.6. The zero-order valence-corrected chi connectivity index (χ0v) is 16.6. The summed E-state index contributed by atoms with van der Waals surface area (Å²) in [7, 11) is 0. The summed E-state index contributed by atoms with van der Waals surface area (Å²) >= 11 is 0. The lowest BCUT2D eigenvalue weighted by molar-refractivity contribution is -0.122. The number of benzene rings is 2. The molecule has 2 heterocycles. The number of hydrogen-bond donors (Lipinski definition) is 3. The summed E-state index contributed by atoms with van der Waals surface area (Å²) in [6.07, 6.45) is 2.77. The summed E-state index contributed by atoms with van der Waals surface area (Å²) < 4.78 is 0. The Hall–Kier alpha value is -3.35. The van der Waals surface area contributed by atoms with Gasteiger partial charge in [-0.2, -0.15) is 0 Å². The predicted octanol–water partition coefficient (Wildman–Crippen LogP) is 4.07. The maximum Gasteiger partial charge on any atom is 0.407 e. The van der Waals surface area contributed by atoms with Gasteiger partial charge >= 0.3 is 6.09 Å². The summed E-state index contributed by atoms with van der Waals surface area (Å²) in [6.45, 7) is 1.11. The molecule has 3 aromatic rings. The quantitative estimate of drug-likeness (QED) is 0.597. The average Bonchev–Trinajstić information content (AvgIpc) is 3.33. The van der Waals surface area contributed by atoms with Gasteiger partial charge in [0.2, 0.25) is 5.91 Å². The second-order valence-electron chi connectivity index (χ2n) is 8.18. The summed E-state index contributed by atoms with van der Waals surface area (Å²) in [4.78, 5) is 32.7. The SMILES string of the molecule is O=C(NCc1ccc(-c2ccc3nc(C4CCCN4C(=O)O)[nH]c3c2)cc1)C1CC1. The highest BCUT2D eigenvalue weighted by Gasteiger charge is 2.32. The van der Waals surface area contributed by atoms with Gasteiger partial charge in [-0.1, -0.05) is 30.3 Å². The lowest BCUT2D eigenvalue weighted by atomic mass is 10.0. The lowest BCUT2D eigenvalue weighted by Gasteiger charge is -2.19. The van der Waals surface area contributed by atoms with Gasteiger partial charge in [-0.15, -0.1) is 0 Å². The fourth-order valence-corrected chi connectivity index (χ4v) is 4.14. The first-order chi connectivity index (χ1) is 14.6. The smallest absolute Gasteiger partial charge is 0.407 e. The summed E-state index contributed by atoms with van der Waals surface area (Å²) in [5.74, 6) is 1.09. The van der Waals surface area contributed by atoms with Crippen LogP contribution in [0.2, 0.25) is 0 Å². The van der Waals surface area contributed by atoms with Gasteiger partial charge in [-0.25, -0.2) is 9.78 Å². The number of nitrogens with zero attached hydrogens (tertiary/aromatic N) is 2. The van der Waals surface area contributed by atoms with Gasteiger partial charge in [-0.05, 0) is 54.5 Å². The van der Waals surface area contributed by atoms with Crippen molar-refractivity contribution in [2.24, 2.45) is 5.92 Å². The van der Waals surface area contributed by atoms with Crippen LogP contribution in [0, 0.1) is 5.92 Å². The van der Waals surface area contributed by atoms with Crippen molar-refractivity contribution in [3.8, 4) is 11.1 Å². The van der Waals surface area contributed by atoms with Crippen LogP contribution in [0.3, 0.4) is 0 Å². The Labute approximate surface area is 174 Å². The van der Waals surface area contributed by atoms with Crippen molar-refractivity contribution in [1.29, 1.82) is 0 Å². The normalized spacial score (nSPS) is 18.7. The van der Waals surface area contributed by atoms with Crippen LogP contribution in [0.4, 0.5) is 4.79 Å². The molecule has 1 aromatic heterocycles. The maximum absolute atomic E-state index is 11.8. The third-order valence-electron chi connectivity index (χ3n) is 6.02. The zero-order chi connectivity index (χ0) is 20.7. The Morgan fingerprint density at radius 2 is 1.87 bits per heavy atom. The van der Waals surface area contributed by atoms with E-state index in [1.54, 1.807) is 0 Å². The molecule has 2 fully saturated rings. The standard InChI is InChI=1S/C23H24N4O3/c28-22(16-7-8-16)24-13-14-3-5-15(6-4-14)17-9-10-18-19(12-17)26-21(25-18)20-2-1-11-27(20)23(29)30/h3-6,9-10,12,16,20H,1-2,7-8,11,13H2,(H,24,28)(H,25,26)(H,29,30). The van der Waals surface area contributed by atoms with Crippen LogP contribution in [0.25, 0.3) is 22.2 Å². The molecular formula is C23H24N4O3. The van der Waals surface area contributed by atoms with Gasteiger partial charge in [0.1, 0.15) is 5.82 Å². The number of rotatable bonds is 5. The van der Waals surface area contributed by atoms with Crippen molar-refractivity contribution in [3.63, 3.8) is 0 Å². The van der Waals surface area contributed by atoms with Crippen molar-refractivity contribution in [2.45, 2.75) is 38.3 Å². The molecule has 7 nitrogen and oxygen atoms in total. The molecule has 3 N–H and O–H groups in total. The lowest BCUT2D eigenvalue weighted by Crippen LogP contribution is -2.29. The van der Waals surface area contributed by atoms with Crippen molar-refractivity contribution in [2.75, 3.05) is 6.54 Å². The van der Waals surface area contributed by atoms with Crippen LogP contribution in [-0.2, 0) is 11.3 Å². The third kappa shape index (κ3) is 3.63. The Balaban J connectivity index is 1.33. The number of likely N-dealkylation sites (tertiary alicyclic amines) is 1. The van der Waals surface area contributed by atoms with Gasteiger partial charge < -0.3 is 15.4 Å². The Kier molecular flexibility index (Phi) is 4.65. The first-order valence-electron chi connectivity index (χ1n) is 10.4. The van der Waals surface area contributed by atoms with Crippen LogP contribution < -0.4 is 5.32 Å². The topological polar surface area (TPSA) is 98.3 Å². The molecule has 1 aliphatic heterocycles. The summed E-state index contributed by atoms with van der Waals surface area (Å²) in [5.41, 5.74) is 4.96. The molecule has 1 saturated heterocycles. The number of fused-ring (bicyclic) bond motifs is 1. The number of carbonyl (C=O) groups excluding carboxylic acids is 1. The molecule has 1 unspecified atom stereocenters. The number of nitrogens with one attached hydrogen (secondary N) is 2. The van der Waals surface area contributed by atoms with E-state index in [0.717, 1.165) is 53.4 Å². The van der Waals surface area contributed by atoms with E-state index in [1.165, 1.54) is 4.90 Å². The number of hydrogen-bond acceptors (Lipinski definition) is 3. The third-order valence-corrected chi connectivity index (χ3v) is 6.02. The van der Waals surface area contributed by atoms with Crippen LogP contribution in [0.15, 0.2) is 42.5 Å². The largest absolute Gasteiger partial charge is 0.465 e. The molecule has 1 atom stereocenters. The van der Waals surface area contributed by atoms with E-state index in [9.17, 15) is 14.7 Å². The second kappa shape index (κ2) is 7.48. The van der Waals surface area contributed by atoms with Crippen LogP contribution in [0.5, 0.6) is 0 Å². The molecule has 2 aromatic carbocycles. The van der Waals surface area contributed by atoms with Crippen molar-refractivity contribution < 1.29 is 14.7 Å². The number of carbonyl (C=O) groups is 2. The number of amides is 2. The van der Waals surface area contributed by atoms with E-state index in [4.69, 9.17) is 0 Å². The van der Waals surface area contributed by atoms with Gasteiger partial charge in [0.25, 0.3) is 0 Å². The molecule has 2 aliphatic rings. The van der Waals surface area contributed by atoms with Gasteiger partial charge in [-0.3, -0.25) is 9.69 Å². The van der Waals surface area contributed by atoms with Gasteiger partial charge in [0.15, 0.2) is 0 Å². The first kappa shape index (κ1) is 18.7. The van der Waals surface area contributed by atoms with E-state index in [0.29, 0.717) is 18.9 Å². The minimum Gasteiger partial charge on any atom is -0.465 e. The molecule has 5 rings (SSSR count). The number of aromatic nitrogens is 2. The maximum atomic E-state index is 11.8. The molecular weight excluding hydrogens is 380 g/mol. The van der Waals surface area contributed by atoms with Crippen molar-refractivity contribution >= 4 is 23.0 Å².